The Hall–Kier alpha value is -2.03. The summed E-state index contributed by atoms with van der Waals surface area (Å²) < 4.78 is 32.9. The minimum Gasteiger partial charge on any atom is -0.351 e. The number of benzene rings is 2. The van der Waals surface area contributed by atoms with Crippen molar-refractivity contribution in [2.75, 3.05) is 5.75 Å². The van der Waals surface area contributed by atoms with E-state index in [0.29, 0.717) is 16.1 Å². The second-order valence-corrected chi connectivity index (χ2v) is 7.97. The number of amides is 1. The van der Waals surface area contributed by atoms with Crippen LogP contribution < -0.4 is 5.32 Å². The van der Waals surface area contributed by atoms with Crippen LogP contribution in [0.3, 0.4) is 0 Å². The summed E-state index contributed by atoms with van der Waals surface area (Å²) in [5.74, 6) is -1.22. The SMILES string of the molecule is O=C(CS(=O)(=O)c1cccc2nsnc12)NCc1ccc(Cl)cc1. The Bertz CT molecular complexity index is 985. The van der Waals surface area contributed by atoms with E-state index in [1.165, 1.54) is 6.07 Å². The molecule has 9 heteroatoms. The maximum Gasteiger partial charge on any atom is 0.235 e. The smallest absolute Gasteiger partial charge is 0.235 e. The van der Waals surface area contributed by atoms with Gasteiger partial charge in [-0.25, -0.2) is 8.42 Å². The molecule has 1 N–H and O–H groups in total. The highest BCUT2D eigenvalue weighted by Crippen LogP contribution is 2.22. The highest BCUT2D eigenvalue weighted by Gasteiger charge is 2.23. The molecule has 124 valence electrons. The molecule has 24 heavy (non-hydrogen) atoms. The van der Waals surface area contributed by atoms with Gasteiger partial charge in [-0.1, -0.05) is 29.8 Å². The fraction of sp³-hybridized carbons (Fsp3) is 0.133. The number of carbonyl (C=O) groups excluding carboxylic acids is 1. The predicted octanol–water partition coefficient (Wildman–Crippen LogP) is 2.43. The molecule has 0 atom stereocenters. The maximum atomic E-state index is 12.5. The third kappa shape index (κ3) is 3.72. The Labute approximate surface area is 147 Å². The number of nitrogens with one attached hydrogen (secondary N) is 1. The van der Waals surface area contributed by atoms with Crippen molar-refractivity contribution in [2.45, 2.75) is 11.4 Å². The monoisotopic (exact) mass is 381 g/mol. The Morgan fingerprint density at radius 2 is 1.88 bits per heavy atom. The summed E-state index contributed by atoms with van der Waals surface area (Å²) in [7, 11) is -3.80. The van der Waals surface area contributed by atoms with Crippen molar-refractivity contribution < 1.29 is 13.2 Å². The zero-order valence-electron chi connectivity index (χ0n) is 12.3. The van der Waals surface area contributed by atoms with E-state index in [2.05, 4.69) is 14.1 Å². The lowest BCUT2D eigenvalue weighted by atomic mass is 10.2. The van der Waals surface area contributed by atoms with Crippen molar-refractivity contribution in [2.24, 2.45) is 0 Å². The number of hydrogen-bond acceptors (Lipinski definition) is 6. The lowest BCUT2D eigenvalue weighted by Crippen LogP contribution is -2.30. The average molecular weight is 382 g/mol. The summed E-state index contributed by atoms with van der Waals surface area (Å²) in [6.07, 6.45) is 0. The topological polar surface area (TPSA) is 89.0 Å². The van der Waals surface area contributed by atoms with Gasteiger partial charge in [-0.05, 0) is 29.8 Å². The van der Waals surface area contributed by atoms with Crippen LogP contribution in [0.4, 0.5) is 0 Å². The van der Waals surface area contributed by atoms with Crippen molar-refractivity contribution in [1.29, 1.82) is 0 Å². The molecule has 0 aliphatic heterocycles. The van der Waals surface area contributed by atoms with E-state index in [1.807, 2.05) is 0 Å². The minimum absolute atomic E-state index is 0.0235. The van der Waals surface area contributed by atoms with E-state index in [-0.39, 0.29) is 11.4 Å². The first-order chi connectivity index (χ1) is 11.5. The van der Waals surface area contributed by atoms with Gasteiger partial charge in [0.25, 0.3) is 0 Å². The predicted molar refractivity (Wildman–Crippen MR) is 92.8 cm³/mol. The Morgan fingerprint density at radius 3 is 2.62 bits per heavy atom. The fourth-order valence-corrected chi connectivity index (χ4v) is 4.20. The maximum absolute atomic E-state index is 12.5. The lowest BCUT2D eigenvalue weighted by molar-refractivity contribution is -0.118. The normalized spacial score (nSPS) is 11.5. The molecule has 0 bridgehead atoms. The molecule has 0 spiro atoms. The van der Waals surface area contributed by atoms with Gasteiger partial charge in [0.05, 0.1) is 16.6 Å². The summed E-state index contributed by atoms with van der Waals surface area (Å²) in [6, 6.07) is 11.6. The van der Waals surface area contributed by atoms with Crippen molar-refractivity contribution >= 4 is 50.1 Å². The summed E-state index contributed by atoms with van der Waals surface area (Å²) in [5.41, 5.74) is 1.63. The molecule has 1 heterocycles. The average Bonchev–Trinajstić information content (AvgIpc) is 3.02. The van der Waals surface area contributed by atoms with Crippen LogP contribution in [0.5, 0.6) is 0 Å². The van der Waals surface area contributed by atoms with E-state index < -0.39 is 21.5 Å². The zero-order valence-corrected chi connectivity index (χ0v) is 14.7. The van der Waals surface area contributed by atoms with Crippen LogP contribution in [0, 0.1) is 0 Å². The first kappa shape index (κ1) is 16.8. The van der Waals surface area contributed by atoms with Gasteiger partial charge in [0.15, 0.2) is 9.84 Å². The van der Waals surface area contributed by atoms with Crippen molar-refractivity contribution in [3.8, 4) is 0 Å². The molecule has 0 radical (unpaired) electrons. The van der Waals surface area contributed by atoms with E-state index >= 15 is 0 Å². The Balaban J connectivity index is 1.71. The van der Waals surface area contributed by atoms with Crippen molar-refractivity contribution in [1.82, 2.24) is 14.1 Å². The van der Waals surface area contributed by atoms with Crippen LogP contribution in [0.25, 0.3) is 11.0 Å². The molecule has 1 aromatic heterocycles. The van der Waals surface area contributed by atoms with E-state index in [0.717, 1.165) is 17.3 Å². The standard InChI is InChI=1S/C15H12ClN3O3S2/c16-11-6-4-10(5-7-11)8-17-14(20)9-24(21,22)13-3-1-2-12-15(13)19-23-18-12/h1-7H,8-9H2,(H,17,20). The third-order valence-electron chi connectivity index (χ3n) is 3.31. The van der Waals surface area contributed by atoms with E-state index in [4.69, 9.17) is 11.6 Å². The van der Waals surface area contributed by atoms with E-state index in [9.17, 15) is 13.2 Å². The molecule has 0 aliphatic rings. The molecule has 3 rings (SSSR count). The molecule has 0 aliphatic carbocycles. The number of sulfone groups is 1. The lowest BCUT2D eigenvalue weighted by Gasteiger charge is -2.07. The fourth-order valence-electron chi connectivity index (χ4n) is 2.14. The van der Waals surface area contributed by atoms with Gasteiger partial charge in [0.2, 0.25) is 5.91 Å². The molecule has 2 aromatic carbocycles. The van der Waals surface area contributed by atoms with Gasteiger partial charge in [0, 0.05) is 11.6 Å². The Morgan fingerprint density at radius 1 is 1.12 bits per heavy atom. The highest BCUT2D eigenvalue weighted by molar-refractivity contribution is 7.92. The van der Waals surface area contributed by atoms with Crippen LogP contribution in [-0.2, 0) is 21.2 Å². The first-order valence-electron chi connectivity index (χ1n) is 6.91. The largest absolute Gasteiger partial charge is 0.351 e. The van der Waals surface area contributed by atoms with Crippen molar-refractivity contribution in [3.63, 3.8) is 0 Å². The molecule has 0 unspecified atom stereocenters. The van der Waals surface area contributed by atoms with Gasteiger partial charge in [-0.2, -0.15) is 8.75 Å². The molecule has 1 amide bonds. The summed E-state index contributed by atoms with van der Waals surface area (Å²) in [6.45, 7) is 0.230. The minimum atomic E-state index is -3.80. The quantitative estimate of drug-likeness (QED) is 0.733. The Kier molecular flexibility index (Phi) is 4.79. The number of aromatic nitrogens is 2. The highest BCUT2D eigenvalue weighted by atomic mass is 35.5. The van der Waals surface area contributed by atoms with Gasteiger partial charge in [-0.3, -0.25) is 4.79 Å². The number of fused-ring (bicyclic) bond motifs is 1. The van der Waals surface area contributed by atoms with Crippen LogP contribution in [0.1, 0.15) is 5.56 Å². The number of hydrogen-bond donors (Lipinski definition) is 1. The van der Waals surface area contributed by atoms with Gasteiger partial charge >= 0.3 is 0 Å². The first-order valence-corrected chi connectivity index (χ1v) is 9.67. The second kappa shape index (κ2) is 6.84. The number of nitrogens with zero attached hydrogens (tertiary/aromatic N) is 2. The molecule has 0 saturated heterocycles. The molecule has 0 saturated carbocycles. The van der Waals surface area contributed by atoms with Crippen LogP contribution in [0.15, 0.2) is 47.4 Å². The molecular weight excluding hydrogens is 370 g/mol. The van der Waals surface area contributed by atoms with Gasteiger partial charge in [0.1, 0.15) is 16.8 Å². The number of carbonyl (C=O) groups is 1. The molecular formula is C15H12ClN3O3S2. The third-order valence-corrected chi connectivity index (χ3v) is 5.74. The molecule has 0 fully saturated rings. The zero-order chi connectivity index (χ0) is 17.2. The van der Waals surface area contributed by atoms with E-state index in [1.54, 1.807) is 36.4 Å². The summed E-state index contributed by atoms with van der Waals surface area (Å²) in [5, 5.41) is 3.19. The second-order valence-electron chi connectivity index (χ2n) is 5.05. The summed E-state index contributed by atoms with van der Waals surface area (Å²) in [4.78, 5) is 12.0. The number of rotatable bonds is 5. The van der Waals surface area contributed by atoms with Crippen LogP contribution in [0.2, 0.25) is 5.02 Å². The van der Waals surface area contributed by atoms with Crippen LogP contribution in [-0.4, -0.2) is 28.8 Å². The van der Waals surface area contributed by atoms with Crippen molar-refractivity contribution in [3.05, 3.63) is 53.1 Å². The summed E-state index contributed by atoms with van der Waals surface area (Å²) >= 11 is 6.73. The van der Waals surface area contributed by atoms with Crippen LogP contribution >= 0.6 is 23.3 Å². The molecule has 3 aromatic rings. The van der Waals surface area contributed by atoms with Gasteiger partial charge < -0.3 is 5.32 Å². The van der Waals surface area contributed by atoms with Gasteiger partial charge in [-0.15, -0.1) is 0 Å². The number of halogens is 1. The molecule has 6 nitrogen and oxygen atoms in total.